The number of carbonyl (C=O) groups is 3. The van der Waals surface area contributed by atoms with Crippen molar-refractivity contribution in [3.63, 3.8) is 0 Å². The first-order valence-electron chi connectivity index (χ1n) is 16.6. The molecule has 2 heterocycles. The molecule has 0 radical (unpaired) electrons. The minimum atomic E-state index is -1.06. The third kappa shape index (κ3) is 11.4. The van der Waals surface area contributed by atoms with Crippen molar-refractivity contribution in [2.24, 2.45) is 5.92 Å². The van der Waals surface area contributed by atoms with Gasteiger partial charge in [0.1, 0.15) is 25.1 Å². The van der Waals surface area contributed by atoms with E-state index in [9.17, 15) is 19.5 Å². The van der Waals surface area contributed by atoms with Gasteiger partial charge in [-0.15, -0.1) is 11.3 Å². The highest BCUT2D eigenvalue weighted by Crippen LogP contribution is 2.21. The van der Waals surface area contributed by atoms with Crippen molar-refractivity contribution in [2.45, 2.75) is 77.9 Å². The van der Waals surface area contributed by atoms with Crippen molar-refractivity contribution >= 4 is 29.4 Å². The average molecular weight is 706 g/mol. The molecular formula is C36H47N7O6S. The summed E-state index contributed by atoms with van der Waals surface area (Å²) in [6.07, 6.45) is 1.65. The number of nitrogens with one attached hydrogen (secondary N) is 3. The van der Waals surface area contributed by atoms with Gasteiger partial charge in [-0.3, -0.25) is 15.1 Å². The molecule has 0 bridgehead atoms. The van der Waals surface area contributed by atoms with Crippen LogP contribution in [0.1, 0.15) is 73.8 Å². The number of aliphatic hydroxyl groups is 1. The summed E-state index contributed by atoms with van der Waals surface area (Å²) in [5.41, 5.74) is 6.56. The Hall–Kier alpha value is -4.79. The number of hydrazine groups is 1. The molecular weight excluding hydrogens is 659 g/mol. The highest BCUT2D eigenvalue weighted by atomic mass is 32.1. The summed E-state index contributed by atoms with van der Waals surface area (Å²) in [5.74, 6) is -0.322. The molecule has 0 fully saturated rings. The van der Waals surface area contributed by atoms with Crippen LogP contribution in [-0.4, -0.2) is 68.8 Å². The molecule has 50 heavy (non-hydrogen) atoms. The van der Waals surface area contributed by atoms with Crippen LogP contribution in [0.3, 0.4) is 0 Å². The van der Waals surface area contributed by atoms with Crippen molar-refractivity contribution in [2.75, 3.05) is 13.6 Å². The van der Waals surface area contributed by atoms with E-state index in [4.69, 9.17) is 9.15 Å². The van der Waals surface area contributed by atoms with Crippen molar-refractivity contribution < 1.29 is 28.6 Å². The maximum atomic E-state index is 14.5. The van der Waals surface area contributed by atoms with Gasteiger partial charge in [0.05, 0.1) is 28.7 Å². The average Bonchev–Trinajstić information content (AvgIpc) is 3.81. The largest absolute Gasteiger partial charge is 0.448 e. The van der Waals surface area contributed by atoms with Gasteiger partial charge in [0.25, 0.3) is 5.91 Å². The van der Waals surface area contributed by atoms with Crippen LogP contribution in [-0.2, 0) is 29.1 Å². The zero-order valence-electron chi connectivity index (χ0n) is 29.1. The number of nitrogens with zero attached hydrogens (tertiary/aromatic N) is 4. The minimum Gasteiger partial charge on any atom is -0.448 e. The molecule has 13 nitrogen and oxygen atoms in total. The first-order valence-corrected chi connectivity index (χ1v) is 17.5. The monoisotopic (exact) mass is 705 g/mol. The fourth-order valence-corrected chi connectivity index (χ4v) is 5.54. The van der Waals surface area contributed by atoms with Crippen LogP contribution in [0.4, 0.5) is 9.59 Å². The summed E-state index contributed by atoms with van der Waals surface area (Å²) >= 11 is 1.33. The number of aliphatic hydroxyl groups excluding tert-OH is 1. The number of hydrogen-bond acceptors (Lipinski definition) is 10. The van der Waals surface area contributed by atoms with Crippen LogP contribution in [0.15, 0.2) is 83.1 Å². The molecule has 4 N–H and O–H groups in total. The Bertz CT molecular complexity index is 1620. The number of urea groups is 1. The molecule has 4 rings (SSSR count). The number of aryl methyl sites for hydroxylation is 1. The summed E-state index contributed by atoms with van der Waals surface area (Å²) in [4.78, 5) is 51.8. The van der Waals surface area contributed by atoms with Gasteiger partial charge in [-0.2, -0.15) is 0 Å². The summed E-state index contributed by atoms with van der Waals surface area (Å²) < 4.78 is 11.0. The molecule has 268 valence electrons. The number of benzene rings is 2. The molecule has 0 aliphatic heterocycles. The number of carbonyl (C=O) groups excluding carboxylic acids is 3. The molecule has 2 aromatic heterocycles. The third-order valence-electron chi connectivity index (χ3n) is 7.83. The second kappa shape index (κ2) is 18.8. The van der Waals surface area contributed by atoms with Crippen LogP contribution in [0, 0.1) is 5.92 Å². The van der Waals surface area contributed by atoms with Crippen molar-refractivity contribution in [3.8, 4) is 0 Å². The lowest BCUT2D eigenvalue weighted by atomic mass is 10.0. The van der Waals surface area contributed by atoms with Crippen molar-refractivity contribution in [1.29, 1.82) is 0 Å². The van der Waals surface area contributed by atoms with Gasteiger partial charge >= 0.3 is 12.1 Å². The van der Waals surface area contributed by atoms with Gasteiger partial charge in [0.2, 0.25) is 0 Å². The van der Waals surface area contributed by atoms with Crippen LogP contribution < -0.4 is 16.1 Å². The normalized spacial score (nSPS) is 13.0. The van der Waals surface area contributed by atoms with Crippen LogP contribution >= 0.6 is 11.3 Å². The Morgan fingerprint density at radius 3 is 2.34 bits per heavy atom. The molecule has 4 aromatic rings. The van der Waals surface area contributed by atoms with E-state index in [1.54, 1.807) is 44.7 Å². The molecule has 14 heteroatoms. The van der Waals surface area contributed by atoms with E-state index in [0.29, 0.717) is 30.0 Å². The van der Waals surface area contributed by atoms with Gasteiger partial charge in [-0.05, 0) is 29.9 Å². The summed E-state index contributed by atoms with van der Waals surface area (Å²) in [6.45, 7) is 7.73. The lowest BCUT2D eigenvalue weighted by molar-refractivity contribution is -0.141. The maximum absolute atomic E-state index is 14.5. The molecule has 1 unspecified atom stereocenters. The van der Waals surface area contributed by atoms with Gasteiger partial charge in [0.15, 0.2) is 5.89 Å². The number of rotatable bonds is 16. The number of ether oxygens (including phenoxy) is 1. The number of oxazole rings is 1. The predicted molar refractivity (Wildman–Crippen MR) is 189 cm³/mol. The highest BCUT2D eigenvalue weighted by Gasteiger charge is 2.36. The molecule has 0 saturated heterocycles. The first-order chi connectivity index (χ1) is 24.0. The van der Waals surface area contributed by atoms with Crippen molar-refractivity contribution in [1.82, 2.24) is 35.9 Å². The third-order valence-corrected chi connectivity index (χ3v) is 8.58. The second-order valence-electron chi connectivity index (χ2n) is 12.6. The van der Waals surface area contributed by atoms with Crippen LogP contribution in [0.2, 0.25) is 0 Å². The molecule has 2 aromatic carbocycles. The van der Waals surface area contributed by atoms with Gasteiger partial charge < -0.3 is 24.5 Å². The lowest BCUT2D eigenvalue weighted by Crippen LogP contribution is -2.60. The van der Waals surface area contributed by atoms with E-state index in [-0.39, 0.29) is 31.5 Å². The Balaban J connectivity index is 1.55. The molecule has 0 spiro atoms. The van der Waals surface area contributed by atoms with Gasteiger partial charge in [0, 0.05) is 25.7 Å². The number of amides is 4. The minimum absolute atomic E-state index is 0.0458. The van der Waals surface area contributed by atoms with Crippen molar-refractivity contribution in [3.05, 3.63) is 106 Å². The topological polar surface area (TPSA) is 162 Å². The van der Waals surface area contributed by atoms with E-state index in [1.165, 1.54) is 22.5 Å². The highest BCUT2D eigenvalue weighted by molar-refractivity contribution is 7.09. The van der Waals surface area contributed by atoms with Gasteiger partial charge in [-0.25, -0.2) is 25.0 Å². The zero-order chi connectivity index (χ0) is 36.0. The van der Waals surface area contributed by atoms with E-state index in [0.717, 1.165) is 15.4 Å². The molecule has 4 amide bonds. The smallest absolute Gasteiger partial charge is 0.426 e. The predicted octanol–water partition coefficient (Wildman–Crippen LogP) is 5.37. The Morgan fingerprint density at radius 2 is 1.72 bits per heavy atom. The molecule has 0 saturated carbocycles. The Labute approximate surface area is 297 Å². The van der Waals surface area contributed by atoms with Crippen LogP contribution in [0.25, 0.3) is 0 Å². The molecule has 0 aliphatic carbocycles. The van der Waals surface area contributed by atoms with Gasteiger partial charge in [-0.1, -0.05) is 88.4 Å². The standard InChI is InChI=1S/C36H47N7O6S/c1-24(2)31(40-35(46)42(5)20-28-21-48-33(39-28)25(3)4)34(45)43(41-36(47)49-22-30-19-37-23-50-30)32(27-14-10-7-11-15-27)38-18-29(44)17-16-26-12-8-6-9-13-26/h6-15,19,21,23-25,29,31-32,38,44H,16-18,20,22H2,1-5H3,(H,40,46)(H,41,47)/t29-,31-,32?/m0/s1. The maximum Gasteiger partial charge on any atom is 0.426 e. The lowest BCUT2D eigenvalue weighted by Gasteiger charge is -2.36. The Kier molecular flexibility index (Phi) is 14.3. The molecule has 3 atom stereocenters. The first kappa shape index (κ1) is 38.0. The van der Waals surface area contributed by atoms with E-state index in [2.05, 4.69) is 26.0 Å². The van der Waals surface area contributed by atoms with E-state index >= 15 is 0 Å². The number of aromatic nitrogens is 2. The summed E-state index contributed by atoms with van der Waals surface area (Å²) in [6, 6.07) is 17.3. The number of thiazole rings is 1. The second-order valence-corrected chi connectivity index (χ2v) is 13.6. The fraction of sp³-hybridized carbons (Fsp3) is 0.417. The summed E-state index contributed by atoms with van der Waals surface area (Å²) in [5, 5.41) is 18.2. The quantitative estimate of drug-likeness (QED) is 0.0887. The fourth-order valence-electron chi connectivity index (χ4n) is 5.03. The SMILES string of the molecule is CC(C)c1nc(CN(C)C(=O)N[C@H](C(=O)N(NC(=O)OCc2cncs2)C(NC[C@@H](O)CCc2ccccc2)c2ccccc2)C(C)C)co1. The zero-order valence-corrected chi connectivity index (χ0v) is 29.9. The Morgan fingerprint density at radius 1 is 1.02 bits per heavy atom. The van der Waals surface area contributed by atoms with Crippen LogP contribution in [0.5, 0.6) is 0 Å². The summed E-state index contributed by atoms with van der Waals surface area (Å²) in [7, 11) is 1.60. The molecule has 0 aliphatic rings. The van der Waals surface area contributed by atoms with E-state index in [1.807, 2.05) is 62.4 Å². The number of hydrogen-bond donors (Lipinski definition) is 4. The van der Waals surface area contributed by atoms with E-state index < -0.39 is 36.3 Å².